The van der Waals surface area contributed by atoms with Crippen LogP contribution in [0.3, 0.4) is 0 Å². The number of halogens is 3. The van der Waals surface area contributed by atoms with Crippen molar-refractivity contribution in [3.05, 3.63) is 71.3 Å². The summed E-state index contributed by atoms with van der Waals surface area (Å²) < 4.78 is 37.8. The Balaban J connectivity index is 1.43. The van der Waals surface area contributed by atoms with Gasteiger partial charge in [0, 0.05) is 31.6 Å². The van der Waals surface area contributed by atoms with E-state index >= 15 is 0 Å². The predicted octanol–water partition coefficient (Wildman–Crippen LogP) is 3.16. The second kappa shape index (κ2) is 9.84. The second-order valence-corrected chi connectivity index (χ2v) is 7.66. The van der Waals surface area contributed by atoms with Crippen molar-refractivity contribution in [2.75, 3.05) is 19.6 Å². The summed E-state index contributed by atoms with van der Waals surface area (Å²) >= 11 is 0. The summed E-state index contributed by atoms with van der Waals surface area (Å²) in [6.45, 7) is 2.49. The number of nitrogens with one attached hydrogen (secondary N) is 2. The molecule has 0 spiro atoms. The highest BCUT2D eigenvalue weighted by molar-refractivity contribution is 5.94. The van der Waals surface area contributed by atoms with Crippen LogP contribution in [0.5, 0.6) is 0 Å². The van der Waals surface area contributed by atoms with Crippen molar-refractivity contribution in [1.82, 2.24) is 15.5 Å². The highest BCUT2D eigenvalue weighted by Crippen LogP contribution is 2.29. The van der Waals surface area contributed by atoms with Crippen molar-refractivity contribution >= 4 is 17.7 Å². The molecule has 9 heteroatoms. The number of likely N-dealkylation sites (tertiary alicyclic amines) is 1. The van der Waals surface area contributed by atoms with Gasteiger partial charge in [-0.2, -0.15) is 13.2 Å². The van der Waals surface area contributed by atoms with Crippen LogP contribution in [-0.4, -0.2) is 42.3 Å². The highest BCUT2D eigenvalue weighted by atomic mass is 19.4. The van der Waals surface area contributed by atoms with E-state index in [4.69, 9.17) is 0 Å². The Bertz CT molecular complexity index is 962. The van der Waals surface area contributed by atoms with Crippen molar-refractivity contribution in [3.63, 3.8) is 0 Å². The van der Waals surface area contributed by atoms with Crippen LogP contribution in [0.1, 0.15) is 40.9 Å². The van der Waals surface area contributed by atoms with Crippen LogP contribution in [0.25, 0.3) is 0 Å². The maximum atomic E-state index is 12.6. The number of hydrogen-bond acceptors (Lipinski definition) is 3. The number of carbonyl (C=O) groups excluding carboxylic acids is 3. The first-order chi connectivity index (χ1) is 15.2. The van der Waals surface area contributed by atoms with Gasteiger partial charge in [0.2, 0.25) is 11.8 Å². The zero-order chi connectivity index (χ0) is 23.3. The molecule has 0 bridgehead atoms. The van der Waals surface area contributed by atoms with Gasteiger partial charge in [0.1, 0.15) is 0 Å². The third-order valence-corrected chi connectivity index (χ3v) is 5.46. The van der Waals surface area contributed by atoms with Gasteiger partial charge >= 0.3 is 6.18 Å². The van der Waals surface area contributed by atoms with Crippen molar-refractivity contribution in [2.45, 2.75) is 25.6 Å². The Labute approximate surface area is 183 Å². The van der Waals surface area contributed by atoms with Crippen LogP contribution < -0.4 is 10.6 Å². The molecule has 0 aliphatic carbocycles. The maximum absolute atomic E-state index is 12.6. The molecule has 1 heterocycles. The SMILES string of the molecule is CC(c1ccccc1)N1CC(C(=O)NCCNC(=O)c2ccc(C(F)(F)F)cc2)CC1=O. The van der Waals surface area contributed by atoms with Crippen LogP contribution in [-0.2, 0) is 15.8 Å². The lowest BCUT2D eigenvalue weighted by Crippen LogP contribution is -2.38. The minimum absolute atomic E-state index is 0.0860. The molecule has 0 radical (unpaired) electrons. The van der Waals surface area contributed by atoms with Crippen LogP contribution >= 0.6 is 0 Å². The zero-order valence-electron chi connectivity index (χ0n) is 17.5. The fraction of sp³-hybridized carbons (Fsp3) is 0.348. The van der Waals surface area contributed by atoms with Crippen molar-refractivity contribution in [1.29, 1.82) is 0 Å². The third-order valence-electron chi connectivity index (χ3n) is 5.46. The first kappa shape index (κ1) is 23.3. The van der Waals surface area contributed by atoms with E-state index in [2.05, 4.69) is 10.6 Å². The lowest BCUT2D eigenvalue weighted by Gasteiger charge is -2.25. The van der Waals surface area contributed by atoms with E-state index in [-0.39, 0.29) is 42.9 Å². The number of nitrogens with zero attached hydrogens (tertiary/aromatic N) is 1. The van der Waals surface area contributed by atoms with Gasteiger partial charge in [-0.3, -0.25) is 14.4 Å². The molecule has 2 aromatic rings. The molecule has 170 valence electrons. The molecular formula is C23H24F3N3O3. The molecule has 1 saturated heterocycles. The first-order valence-corrected chi connectivity index (χ1v) is 10.2. The predicted molar refractivity (Wildman–Crippen MR) is 111 cm³/mol. The minimum atomic E-state index is -4.46. The minimum Gasteiger partial charge on any atom is -0.354 e. The Kier molecular flexibility index (Phi) is 7.17. The van der Waals surface area contributed by atoms with Gasteiger partial charge in [0.15, 0.2) is 0 Å². The maximum Gasteiger partial charge on any atom is 0.416 e. The molecule has 1 aliphatic rings. The van der Waals surface area contributed by atoms with Crippen molar-refractivity contribution in [2.24, 2.45) is 5.92 Å². The monoisotopic (exact) mass is 447 g/mol. The molecule has 1 fully saturated rings. The Hall–Kier alpha value is -3.36. The quantitative estimate of drug-likeness (QED) is 0.640. The van der Waals surface area contributed by atoms with Gasteiger partial charge in [0.25, 0.3) is 5.91 Å². The van der Waals surface area contributed by atoms with Gasteiger partial charge in [0.05, 0.1) is 17.5 Å². The zero-order valence-corrected chi connectivity index (χ0v) is 17.5. The molecule has 1 aliphatic heterocycles. The molecule has 2 N–H and O–H groups in total. The molecule has 32 heavy (non-hydrogen) atoms. The number of hydrogen-bond donors (Lipinski definition) is 2. The Morgan fingerprint density at radius 3 is 2.28 bits per heavy atom. The summed E-state index contributed by atoms with van der Waals surface area (Å²) in [5.41, 5.74) is 0.257. The van der Waals surface area contributed by atoms with Gasteiger partial charge in [-0.25, -0.2) is 0 Å². The number of benzene rings is 2. The standard InChI is InChI=1S/C23H24F3N3O3/c1-15(16-5-3-2-4-6-16)29-14-18(13-20(29)30)22(32)28-12-11-27-21(31)17-7-9-19(10-8-17)23(24,25)26/h2-10,15,18H,11-14H2,1H3,(H,27,31)(H,28,32). The van der Waals surface area contributed by atoms with E-state index in [9.17, 15) is 27.6 Å². The second-order valence-electron chi connectivity index (χ2n) is 7.66. The molecule has 3 amide bonds. The third kappa shape index (κ3) is 5.66. The van der Waals surface area contributed by atoms with E-state index in [1.165, 1.54) is 0 Å². The smallest absolute Gasteiger partial charge is 0.354 e. The lowest BCUT2D eigenvalue weighted by atomic mass is 10.1. The summed E-state index contributed by atoms with van der Waals surface area (Å²) in [5.74, 6) is -1.37. The van der Waals surface area contributed by atoms with Gasteiger partial charge in [-0.1, -0.05) is 30.3 Å². The summed E-state index contributed by atoms with van der Waals surface area (Å²) in [7, 11) is 0. The fourth-order valence-electron chi connectivity index (χ4n) is 3.61. The number of amides is 3. The normalized spacial score (nSPS) is 17.2. The van der Waals surface area contributed by atoms with Gasteiger partial charge < -0.3 is 15.5 Å². The Morgan fingerprint density at radius 2 is 1.66 bits per heavy atom. The Morgan fingerprint density at radius 1 is 1.03 bits per heavy atom. The lowest BCUT2D eigenvalue weighted by molar-refractivity contribution is -0.137. The number of carbonyl (C=O) groups is 3. The summed E-state index contributed by atoms with van der Waals surface area (Å²) in [4.78, 5) is 38.5. The number of rotatable bonds is 7. The summed E-state index contributed by atoms with van der Waals surface area (Å²) in [5, 5.41) is 5.25. The van der Waals surface area contributed by atoms with Crippen LogP contribution in [0, 0.1) is 5.92 Å². The van der Waals surface area contributed by atoms with Crippen molar-refractivity contribution in [3.8, 4) is 0 Å². The molecule has 2 atom stereocenters. The van der Waals surface area contributed by atoms with E-state index in [1.54, 1.807) is 4.90 Å². The summed E-state index contributed by atoms with van der Waals surface area (Å²) in [6, 6.07) is 13.3. The van der Waals surface area contributed by atoms with E-state index in [0.29, 0.717) is 6.54 Å². The largest absolute Gasteiger partial charge is 0.416 e. The average Bonchev–Trinajstić information content (AvgIpc) is 3.17. The van der Waals surface area contributed by atoms with Crippen LogP contribution in [0.4, 0.5) is 13.2 Å². The molecule has 0 aromatic heterocycles. The van der Waals surface area contributed by atoms with E-state index in [1.807, 2.05) is 37.3 Å². The average molecular weight is 447 g/mol. The van der Waals surface area contributed by atoms with E-state index in [0.717, 1.165) is 29.8 Å². The summed E-state index contributed by atoms with van der Waals surface area (Å²) in [6.07, 6.45) is -4.34. The highest BCUT2D eigenvalue weighted by Gasteiger charge is 2.36. The fourth-order valence-corrected chi connectivity index (χ4v) is 3.61. The molecule has 2 unspecified atom stereocenters. The van der Waals surface area contributed by atoms with Gasteiger partial charge in [-0.15, -0.1) is 0 Å². The number of alkyl halides is 3. The molecule has 2 aromatic carbocycles. The molecule has 6 nitrogen and oxygen atoms in total. The van der Waals surface area contributed by atoms with Gasteiger partial charge in [-0.05, 0) is 36.8 Å². The van der Waals surface area contributed by atoms with E-state index < -0.39 is 23.6 Å². The molecule has 3 rings (SSSR count). The first-order valence-electron chi connectivity index (χ1n) is 10.2. The topological polar surface area (TPSA) is 78.5 Å². The van der Waals surface area contributed by atoms with Crippen LogP contribution in [0.15, 0.2) is 54.6 Å². The van der Waals surface area contributed by atoms with Crippen LogP contribution in [0.2, 0.25) is 0 Å². The molecule has 0 saturated carbocycles. The molecular weight excluding hydrogens is 423 g/mol. The van der Waals surface area contributed by atoms with Crippen molar-refractivity contribution < 1.29 is 27.6 Å².